The van der Waals surface area contributed by atoms with Crippen LogP contribution in [0.1, 0.15) is 27.7 Å². The van der Waals surface area contributed by atoms with Gasteiger partial charge in [0.05, 0.1) is 6.61 Å². The molecule has 3 saturated heterocycles. The lowest BCUT2D eigenvalue weighted by Gasteiger charge is -2.36. The second kappa shape index (κ2) is 3.88. The Morgan fingerprint density at radius 3 is 2.06 bits per heavy atom. The molecule has 1 N–H and O–H groups in total. The molecule has 18 heavy (non-hydrogen) atoms. The van der Waals surface area contributed by atoms with Gasteiger partial charge in [-0.15, -0.1) is 0 Å². The quantitative estimate of drug-likeness (QED) is 0.735. The summed E-state index contributed by atoms with van der Waals surface area (Å²) in [4.78, 5) is 0. The van der Waals surface area contributed by atoms with E-state index in [1.54, 1.807) is 0 Å². The zero-order chi connectivity index (χ0) is 13.1. The van der Waals surface area contributed by atoms with Gasteiger partial charge in [-0.25, -0.2) is 0 Å². The van der Waals surface area contributed by atoms with Gasteiger partial charge in [-0.1, -0.05) is 0 Å². The fraction of sp³-hybridized carbons (Fsp3) is 1.00. The fourth-order valence-corrected chi connectivity index (χ4v) is 2.84. The minimum atomic E-state index is -0.708. The van der Waals surface area contributed by atoms with Gasteiger partial charge < -0.3 is 28.8 Å². The molecule has 0 saturated carbocycles. The van der Waals surface area contributed by atoms with E-state index in [0.717, 1.165) is 0 Å². The van der Waals surface area contributed by atoms with Crippen molar-refractivity contribution >= 4 is 0 Å². The Hall–Kier alpha value is -0.240. The van der Waals surface area contributed by atoms with Crippen LogP contribution in [-0.2, 0) is 23.7 Å². The lowest BCUT2D eigenvalue weighted by Crippen LogP contribution is -2.56. The van der Waals surface area contributed by atoms with E-state index in [2.05, 4.69) is 0 Å². The summed E-state index contributed by atoms with van der Waals surface area (Å²) in [6.07, 6.45) is -1.90. The van der Waals surface area contributed by atoms with Crippen LogP contribution in [0.4, 0.5) is 0 Å². The summed E-state index contributed by atoms with van der Waals surface area (Å²) in [7, 11) is 0. The van der Waals surface area contributed by atoms with Crippen molar-refractivity contribution in [2.45, 2.75) is 70.0 Å². The van der Waals surface area contributed by atoms with Crippen LogP contribution in [0, 0.1) is 0 Å². The predicted molar refractivity (Wildman–Crippen MR) is 59.6 cm³/mol. The summed E-state index contributed by atoms with van der Waals surface area (Å²) < 4.78 is 28.9. The third-order valence-corrected chi connectivity index (χ3v) is 3.43. The predicted octanol–water partition coefficient (Wildman–Crippen LogP) is 0.375. The molecule has 0 aromatic rings. The van der Waals surface area contributed by atoms with E-state index >= 15 is 0 Å². The third kappa shape index (κ3) is 1.97. The van der Waals surface area contributed by atoms with Gasteiger partial charge in [0.15, 0.2) is 17.9 Å². The van der Waals surface area contributed by atoms with Crippen LogP contribution < -0.4 is 0 Å². The number of aliphatic hydroxyl groups is 1. The van der Waals surface area contributed by atoms with Crippen LogP contribution in [0.25, 0.3) is 0 Å². The number of ether oxygens (including phenoxy) is 5. The summed E-state index contributed by atoms with van der Waals surface area (Å²) in [6, 6.07) is 0. The summed E-state index contributed by atoms with van der Waals surface area (Å²) in [5.74, 6) is -1.41. The fourth-order valence-electron chi connectivity index (χ4n) is 2.84. The van der Waals surface area contributed by atoms with Gasteiger partial charge in [-0.2, -0.15) is 0 Å². The lowest BCUT2D eigenvalue weighted by atomic mass is 9.99. The molecule has 104 valence electrons. The van der Waals surface area contributed by atoms with Crippen molar-refractivity contribution in [3.63, 3.8) is 0 Å². The molecule has 2 unspecified atom stereocenters. The highest BCUT2D eigenvalue weighted by molar-refractivity contribution is 4.99. The van der Waals surface area contributed by atoms with Crippen LogP contribution in [0.5, 0.6) is 0 Å². The Morgan fingerprint density at radius 2 is 1.39 bits per heavy atom. The average Bonchev–Trinajstić information content (AvgIpc) is 2.71. The Bertz CT molecular complexity index is 341. The molecule has 3 rings (SSSR count). The van der Waals surface area contributed by atoms with E-state index in [1.807, 2.05) is 27.7 Å². The van der Waals surface area contributed by atoms with Crippen LogP contribution in [0.15, 0.2) is 0 Å². The Balaban J connectivity index is 1.86. The number of rotatable bonds is 1. The van der Waals surface area contributed by atoms with Crippen LogP contribution >= 0.6 is 0 Å². The van der Waals surface area contributed by atoms with Crippen molar-refractivity contribution in [1.82, 2.24) is 0 Å². The van der Waals surface area contributed by atoms with E-state index in [9.17, 15) is 5.11 Å². The van der Waals surface area contributed by atoms with Crippen molar-refractivity contribution in [3.8, 4) is 0 Å². The third-order valence-electron chi connectivity index (χ3n) is 3.43. The van der Waals surface area contributed by atoms with Crippen molar-refractivity contribution in [2.75, 3.05) is 6.61 Å². The Labute approximate surface area is 106 Å². The maximum absolute atomic E-state index is 9.40. The first kappa shape index (κ1) is 12.8. The molecule has 0 amide bonds. The number of fused-ring (bicyclic) bond motifs is 3. The summed E-state index contributed by atoms with van der Waals surface area (Å²) in [6.45, 7) is 7.22. The molecule has 3 aliphatic heterocycles. The van der Waals surface area contributed by atoms with Gasteiger partial charge in [-0.05, 0) is 27.7 Å². The molecule has 3 aliphatic rings. The largest absolute Gasteiger partial charge is 0.394 e. The maximum atomic E-state index is 9.40. The van der Waals surface area contributed by atoms with Gasteiger partial charge in [0, 0.05) is 0 Å². The van der Waals surface area contributed by atoms with E-state index in [4.69, 9.17) is 23.7 Å². The highest BCUT2D eigenvalue weighted by atomic mass is 16.9. The number of hydrogen-bond acceptors (Lipinski definition) is 6. The average molecular weight is 260 g/mol. The molecule has 0 spiro atoms. The van der Waals surface area contributed by atoms with Crippen LogP contribution in [-0.4, -0.2) is 54.0 Å². The van der Waals surface area contributed by atoms with Crippen molar-refractivity contribution in [1.29, 1.82) is 0 Å². The van der Waals surface area contributed by atoms with E-state index < -0.39 is 24.0 Å². The molecule has 0 aromatic heterocycles. The molecule has 0 radical (unpaired) electrons. The van der Waals surface area contributed by atoms with E-state index in [0.29, 0.717) is 0 Å². The number of aliphatic hydroxyl groups excluding tert-OH is 1. The van der Waals surface area contributed by atoms with Gasteiger partial charge >= 0.3 is 0 Å². The smallest absolute Gasteiger partial charge is 0.190 e. The molecule has 3 heterocycles. The second-order valence-corrected chi connectivity index (χ2v) is 5.89. The first-order valence-electron chi connectivity index (χ1n) is 6.29. The van der Waals surface area contributed by atoms with Gasteiger partial charge in [0.2, 0.25) is 0 Å². The van der Waals surface area contributed by atoms with Gasteiger partial charge in [0.1, 0.15) is 24.4 Å². The van der Waals surface area contributed by atoms with Gasteiger partial charge in [0.25, 0.3) is 0 Å². The minimum Gasteiger partial charge on any atom is -0.394 e. The highest BCUT2D eigenvalue weighted by Gasteiger charge is 2.60. The lowest BCUT2D eigenvalue weighted by molar-refractivity contribution is -0.240. The second-order valence-electron chi connectivity index (χ2n) is 5.89. The van der Waals surface area contributed by atoms with Crippen molar-refractivity contribution < 1.29 is 28.8 Å². The summed E-state index contributed by atoms with van der Waals surface area (Å²) in [5.41, 5.74) is 0. The minimum absolute atomic E-state index is 0.131. The van der Waals surface area contributed by atoms with Gasteiger partial charge in [-0.3, -0.25) is 0 Å². The van der Waals surface area contributed by atoms with E-state index in [1.165, 1.54) is 0 Å². The highest BCUT2D eigenvalue weighted by Crippen LogP contribution is 2.43. The topological polar surface area (TPSA) is 66.4 Å². The first-order valence-corrected chi connectivity index (χ1v) is 6.29. The SMILES string of the molecule is CC1(C)OC2[C@@H](OC(CO)[C@H]3OC(C)(C)O[C@H]23)O1. The van der Waals surface area contributed by atoms with Crippen molar-refractivity contribution in [3.05, 3.63) is 0 Å². The monoisotopic (exact) mass is 260 g/mol. The standard InChI is InChI=1S/C12H20O6/c1-11(2)15-7-6(5-13)14-10-9(8(7)16-11)17-12(3,4)18-10/h6-10,13H,5H2,1-4H3/t6?,7-,8+,9?,10+/m1/s1. The molecule has 0 bridgehead atoms. The molecular weight excluding hydrogens is 240 g/mol. The molecule has 5 atom stereocenters. The molecule has 0 aromatic carbocycles. The molecule has 6 nitrogen and oxygen atoms in total. The zero-order valence-electron chi connectivity index (χ0n) is 11.1. The Morgan fingerprint density at radius 1 is 0.833 bits per heavy atom. The molecule has 6 heteroatoms. The van der Waals surface area contributed by atoms with Crippen molar-refractivity contribution in [2.24, 2.45) is 0 Å². The van der Waals surface area contributed by atoms with Crippen LogP contribution in [0.3, 0.4) is 0 Å². The normalized spacial score (nSPS) is 48.8. The maximum Gasteiger partial charge on any atom is 0.190 e. The summed E-state index contributed by atoms with van der Waals surface area (Å²) in [5, 5.41) is 9.40. The molecule has 3 fully saturated rings. The van der Waals surface area contributed by atoms with E-state index in [-0.39, 0.29) is 24.9 Å². The summed E-state index contributed by atoms with van der Waals surface area (Å²) >= 11 is 0. The Kier molecular flexibility index (Phi) is 2.75. The zero-order valence-corrected chi connectivity index (χ0v) is 11.1. The van der Waals surface area contributed by atoms with Crippen LogP contribution in [0.2, 0.25) is 0 Å². The molecular formula is C12H20O6. The number of hydrogen-bond donors (Lipinski definition) is 1. The first-order chi connectivity index (χ1) is 8.31. The molecule has 0 aliphatic carbocycles.